The Kier molecular flexibility index (Phi) is 3.89. The molecule has 1 aliphatic rings. The molecule has 1 atom stereocenters. The van der Waals surface area contributed by atoms with Crippen molar-refractivity contribution >= 4 is 5.91 Å². The molecule has 0 spiro atoms. The highest BCUT2D eigenvalue weighted by Crippen LogP contribution is 2.24. The Morgan fingerprint density at radius 3 is 2.43 bits per heavy atom. The molecule has 0 saturated heterocycles. The minimum Gasteiger partial charge on any atom is -0.384 e. The predicted molar refractivity (Wildman–Crippen MR) is 52.9 cm³/mol. The first-order chi connectivity index (χ1) is 6.49. The van der Waals surface area contributed by atoms with Gasteiger partial charge in [-0.3, -0.25) is 4.79 Å². The molecule has 1 saturated carbocycles. The number of ether oxygens (including phenoxy) is 1. The van der Waals surface area contributed by atoms with Crippen molar-refractivity contribution < 1.29 is 14.6 Å². The van der Waals surface area contributed by atoms with E-state index in [2.05, 4.69) is 5.32 Å². The quantitative estimate of drug-likeness (QED) is 0.694. The van der Waals surface area contributed by atoms with Crippen molar-refractivity contribution in [2.45, 2.75) is 58.0 Å². The van der Waals surface area contributed by atoms with E-state index in [1.807, 2.05) is 13.8 Å². The number of aliphatic hydroxyl groups is 1. The number of rotatable bonds is 4. The summed E-state index contributed by atoms with van der Waals surface area (Å²) in [5, 5.41) is 11.7. The fourth-order valence-electron chi connectivity index (χ4n) is 1.50. The molecule has 14 heavy (non-hydrogen) atoms. The fourth-order valence-corrected chi connectivity index (χ4v) is 1.50. The average molecular weight is 201 g/mol. The topological polar surface area (TPSA) is 58.6 Å². The number of hydrogen-bond donors (Lipinski definition) is 2. The molecule has 1 rings (SSSR count). The summed E-state index contributed by atoms with van der Waals surface area (Å²) < 4.78 is 5.54. The second-order valence-electron chi connectivity index (χ2n) is 4.16. The molecule has 82 valence electrons. The molecule has 0 heterocycles. The molecule has 1 fully saturated rings. The first-order valence-corrected chi connectivity index (χ1v) is 5.13. The molecule has 2 N–H and O–H groups in total. The number of carbonyl (C=O) groups excluding carboxylic acids is 1. The molecule has 4 nitrogen and oxygen atoms in total. The van der Waals surface area contributed by atoms with Gasteiger partial charge in [0.1, 0.15) is 6.10 Å². The summed E-state index contributed by atoms with van der Waals surface area (Å²) in [4.78, 5) is 11.1. The first kappa shape index (κ1) is 11.5. The maximum atomic E-state index is 11.1. The molecular weight excluding hydrogens is 182 g/mol. The fraction of sp³-hybridized carbons (Fsp3) is 0.900. The van der Waals surface area contributed by atoms with Crippen LogP contribution in [0, 0.1) is 0 Å². The molecule has 0 aliphatic heterocycles. The lowest BCUT2D eigenvalue weighted by Crippen LogP contribution is -2.50. The molecule has 1 amide bonds. The molecule has 1 aliphatic carbocycles. The van der Waals surface area contributed by atoms with Gasteiger partial charge in [0.2, 0.25) is 5.91 Å². The van der Waals surface area contributed by atoms with Gasteiger partial charge in [-0.2, -0.15) is 0 Å². The normalized spacial score (nSPS) is 28.4. The van der Waals surface area contributed by atoms with Crippen LogP contribution in [0.3, 0.4) is 0 Å². The zero-order chi connectivity index (χ0) is 10.7. The Balaban J connectivity index is 2.13. The van der Waals surface area contributed by atoms with Gasteiger partial charge in [0, 0.05) is 6.04 Å². The van der Waals surface area contributed by atoms with E-state index in [-0.39, 0.29) is 24.2 Å². The summed E-state index contributed by atoms with van der Waals surface area (Å²) in [6.45, 7) is 5.47. The lowest BCUT2D eigenvalue weighted by Gasteiger charge is -2.36. The van der Waals surface area contributed by atoms with Crippen molar-refractivity contribution in [3.05, 3.63) is 0 Å². The van der Waals surface area contributed by atoms with E-state index in [0.717, 1.165) is 12.8 Å². The Bertz CT molecular complexity index is 198. The van der Waals surface area contributed by atoms with E-state index >= 15 is 0 Å². The van der Waals surface area contributed by atoms with E-state index < -0.39 is 6.10 Å². The van der Waals surface area contributed by atoms with Crippen molar-refractivity contribution in [3.63, 3.8) is 0 Å². The van der Waals surface area contributed by atoms with E-state index in [9.17, 15) is 4.79 Å². The maximum absolute atomic E-state index is 11.1. The summed E-state index contributed by atoms with van der Waals surface area (Å²) in [5.41, 5.74) is 0. The number of hydrogen-bond acceptors (Lipinski definition) is 3. The molecule has 0 aromatic carbocycles. The van der Waals surface area contributed by atoms with Gasteiger partial charge < -0.3 is 15.2 Å². The summed E-state index contributed by atoms with van der Waals surface area (Å²) in [6.07, 6.45) is 1.32. The van der Waals surface area contributed by atoms with Crippen molar-refractivity contribution in [2.75, 3.05) is 0 Å². The molecule has 0 aromatic rings. The van der Waals surface area contributed by atoms with Crippen molar-refractivity contribution in [2.24, 2.45) is 0 Å². The Hall–Kier alpha value is -0.610. The average Bonchev–Trinajstić information content (AvgIpc) is 1.99. The minimum absolute atomic E-state index is 0.181. The van der Waals surface area contributed by atoms with Crippen LogP contribution in [0.4, 0.5) is 0 Å². The molecule has 0 radical (unpaired) electrons. The predicted octanol–water partition coefficient (Wildman–Crippen LogP) is 0.439. The van der Waals surface area contributed by atoms with Crippen molar-refractivity contribution in [1.82, 2.24) is 5.32 Å². The zero-order valence-corrected chi connectivity index (χ0v) is 8.99. The third-order valence-corrected chi connectivity index (χ3v) is 2.29. The third kappa shape index (κ3) is 3.27. The van der Waals surface area contributed by atoms with Gasteiger partial charge in [0.05, 0.1) is 12.2 Å². The van der Waals surface area contributed by atoms with Crippen LogP contribution in [0.2, 0.25) is 0 Å². The second-order valence-corrected chi connectivity index (χ2v) is 4.16. The summed E-state index contributed by atoms with van der Waals surface area (Å²) >= 11 is 0. The number of nitrogens with one attached hydrogen (secondary N) is 1. The van der Waals surface area contributed by atoms with Crippen LogP contribution in [0.5, 0.6) is 0 Å². The third-order valence-electron chi connectivity index (χ3n) is 2.29. The highest BCUT2D eigenvalue weighted by Gasteiger charge is 2.32. The van der Waals surface area contributed by atoms with Gasteiger partial charge in [-0.25, -0.2) is 0 Å². The Morgan fingerprint density at radius 2 is 2.00 bits per heavy atom. The van der Waals surface area contributed by atoms with Crippen molar-refractivity contribution in [3.8, 4) is 0 Å². The number of aliphatic hydroxyl groups excluding tert-OH is 1. The van der Waals surface area contributed by atoms with Gasteiger partial charge in [-0.05, 0) is 33.6 Å². The SMILES string of the molecule is CC(C)OC1CC(NC(=O)C(C)O)C1. The van der Waals surface area contributed by atoms with Crippen LogP contribution in [-0.4, -0.2) is 35.4 Å². The van der Waals surface area contributed by atoms with Crippen LogP contribution in [0.15, 0.2) is 0 Å². The smallest absolute Gasteiger partial charge is 0.248 e. The lowest BCUT2D eigenvalue weighted by atomic mass is 9.89. The molecular formula is C10H19NO3. The van der Waals surface area contributed by atoms with Crippen LogP contribution < -0.4 is 5.32 Å². The zero-order valence-electron chi connectivity index (χ0n) is 8.99. The molecule has 0 aromatic heterocycles. The molecule has 0 bridgehead atoms. The van der Waals surface area contributed by atoms with E-state index in [1.165, 1.54) is 6.92 Å². The van der Waals surface area contributed by atoms with E-state index in [4.69, 9.17) is 9.84 Å². The van der Waals surface area contributed by atoms with E-state index in [0.29, 0.717) is 0 Å². The standard InChI is InChI=1S/C10H19NO3/c1-6(2)14-9-4-8(5-9)11-10(13)7(3)12/h6-9,12H,4-5H2,1-3H3,(H,11,13). The van der Waals surface area contributed by atoms with Gasteiger partial charge in [-0.1, -0.05) is 0 Å². The van der Waals surface area contributed by atoms with Crippen LogP contribution >= 0.6 is 0 Å². The van der Waals surface area contributed by atoms with Crippen LogP contribution in [0.25, 0.3) is 0 Å². The van der Waals surface area contributed by atoms with Crippen molar-refractivity contribution in [1.29, 1.82) is 0 Å². The van der Waals surface area contributed by atoms with Crippen LogP contribution in [-0.2, 0) is 9.53 Å². The number of carbonyl (C=O) groups is 1. The maximum Gasteiger partial charge on any atom is 0.248 e. The van der Waals surface area contributed by atoms with Gasteiger partial charge in [0.15, 0.2) is 0 Å². The van der Waals surface area contributed by atoms with Gasteiger partial charge in [-0.15, -0.1) is 0 Å². The molecule has 4 heteroatoms. The summed E-state index contributed by atoms with van der Waals surface area (Å²) in [5.74, 6) is -0.294. The number of amides is 1. The highest BCUT2D eigenvalue weighted by atomic mass is 16.5. The summed E-state index contributed by atoms with van der Waals surface area (Å²) in [7, 11) is 0. The summed E-state index contributed by atoms with van der Waals surface area (Å²) in [6, 6.07) is 0.181. The monoisotopic (exact) mass is 201 g/mol. The minimum atomic E-state index is -0.917. The van der Waals surface area contributed by atoms with E-state index in [1.54, 1.807) is 0 Å². The van der Waals surface area contributed by atoms with Crippen LogP contribution in [0.1, 0.15) is 33.6 Å². The Morgan fingerprint density at radius 1 is 1.43 bits per heavy atom. The van der Waals surface area contributed by atoms with Gasteiger partial charge >= 0.3 is 0 Å². The Labute approximate surface area is 84.6 Å². The second kappa shape index (κ2) is 4.75. The molecule has 1 unspecified atom stereocenters. The lowest BCUT2D eigenvalue weighted by molar-refractivity contribution is -0.131. The van der Waals surface area contributed by atoms with Gasteiger partial charge in [0.25, 0.3) is 0 Å². The largest absolute Gasteiger partial charge is 0.384 e. The highest BCUT2D eigenvalue weighted by molar-refractivity contribution is 5.80. The first-order valence-electron chi connectivity index (χ1n) is 5.13.